The summed E-state index contributed by atoms with van der Waals surface area (Å²) in [7, 11) is 0. The lowest BCUT2D eigenvalue weighted by Crippen LogP contribution is -2.42. The van der Waals surface area contributed by atoms with Gasteiger partial charge in [-0.05, 0) is 37.8 Å². The van der Waals surface area contributed by atoms with Crippen molar-refractivity contribution < 1.29 is 37.4 Å². The number of Topliss-reactive ketones (excluding diaryl/α,β-unsaturated/α-hetero) is 3. The van der Waals surface area contributed by atoms with Gasteiger partial charge in [0.15, 0.2) is 17.3 Å². The number of carbonyl (C=O) groups is 3. The zero-order valence-corrected chi connectivity index (χ0v) is 15.0. The molecule has 0 aromatic carbocycles. The molecule has 2 unspecified atom stereocenters. The number of nitrogens with zero attached hydrogens (tertiary/aromatic N) is 1. The van der Waals surface area contributed by atoms with Crippen LogP contribution in [0.1, 0.15) is 47.4 Å². The summed E-state index contributed by atoms with van der Waals surface area (Å²) >= 11 is 0. The summed E-state index contributed by atoms with van der Waals surface area (Å²) in [6.45, 7) is -0.490. The third-order valence-corrected chi connectivity index (χ3v) is 5.28. The fourth-order valence-electron chi connectivity index (χ4n) is 3.85. The number of alkyl halides is 3. The maximum absolute atomic E-state index is 13.0. The van der Waals surface area contributed by atoms with Crippen molar-refractivity contribution in [3.63, 3.8) is 0 Å². The van der Waals surface area contributed by atoms with Gasteiger partial charge in [-0.3, -0.25) is 14.4 Å². The molecule has 1 N–H and O–H groups in total. The molecule has 9 heteroatoms. The highest BCUT2D eigenvalue weighted by Crippen LogP contribution is 2.41. The number of ether oxygens (including phenoxy) is 1. The molecule has 1 aromatic rings. The third-order valence-electron chi connectivity index (χ3n) is 5.28. The van der Waals surface area contributed by atoms with E-state index in [4.69, 9.17) is 9.84 Å². The van der Waals surface area contributed by atoms with Gasteiger partial charge in [0.1, 0.15) is 11.6 Å². The van der Waals surface area contributed by atoms with Crippen molar-refractivity contribution in [1.29, 1.82) is 0 Å². The summed E-state index contributed by atoms with van der Waals surface area (Å²) in [5.41, 5.74) is -1.66. The summed E-state index contributed by atoms with van der Waals surface area (Å²) in [6.07, 6.45) is -2.88. The number of carbonyl (C=O) groups excluding carboxylic acids is 3. The van der Waals surface area contributed by atoms with Gasteiger partial charge in [0, 0.05) is 30.6 Å². The highest BCUT2D eigenvalue weighted by atomic mass is 19.4. The quantitative estimate of drug-likeness (QED) is 0.430. The van der Waals surface area contributed by atoms with Crippen molar-refractivity contribution in [2.45, 2.75) is 38.5 Å². The summed E-state index contributed by atoms with van der Waals surface area (Å²) in [4.78, 5) is 41.5. The van der Waals surface area contributed by atoms with Crippen molar-refractivity contribution in [1.82, 2.24) is 4.98 Å². The lowest BCUT2D eigenvalue weighted by Gasteiger charge is -2.25. The zero-order chi connectivity index (χ0) is 20.5. The lowest BCUT2D eigenvalue weighted by molar-refractivity contribution is -0.141. The van der Waals surface area contributed by atoms with E-state index < -0.39 is 41.7 Å². The van der Waals surface area contributed by atoms with Crippen molar-refractivity contribution in [3.05, 3.63) is 29.1 Å². The standard InChI is InChI=1S/C19H20F3NO5/c20-19(21,22)14-5-4-12(13(23-14)9-28-7-1-6-24)18(27)15-16(25)10-2-3-11(8-10)17(15)26/h4-5,10-11,15,24H,1-3,6-9H2. The first kappa shape index (κ1) is 20.6. The number of halogens is 3. The van der Waals surface area contributed by atoms with E-state index >= 15 is 0 Å². The first-order chi connectivity index (χ1) is 13.2. The number of aliphatic hydroxyl groups excluding tert-OH is 1. The van der Waals surface area contributed by atoms with E-state index in [0.29, 0.717) is 25.3 Å². The Labute approximate surface area is 159 Å². The van der Waals surface area contributed by atoms with Crippen LogP contribution in [-0.2, 0) is 27.1 Å². The smallest absolute Gasteiger partial charge is 0.396 e. The molecule has 152 valence electrons. The second kappa shape index (κ2) is 8.08. The molecule has 0 saturated heterocycles. The summed E-state index contributed by atoms with van der Waals surface area (Å²) < 4.78 is 44.2. The summed E-state index contributed by atoms with van der Waals surface area (Å²) in [5.74, 6) is -3.87. The Morgan fingerprint density at radius 3 is 2.39 bits per heavy atom. The molecule has 2 aliphatic rings. The van der Waals surface area contributed by atoms with E-state index in [1.165, 1.54) is 0 Å². The van der Waals surface area contributed by atoms with E-state index in [1.54, 1.807) is 0 Å². The Bertz CT molecular complexity index is 770. The molecule has 1 heterocycles. The number of pyridine rings is 1. The minimum atomic E-state index is -4.71. The topological polar surface area (TPSA) is 93.6 Å². The number of rotatable bonds is 7. The molecule has 0 aliphatic heterocycles. The first-order valence-corrected chi connectivity index (χ1v) is 9.11. The van der Waals surface area contributed by atoms with E-state index in [1.807, 2.05) is 0 Å². The molecule has 0 amide bonds. The number of fused-ring (bicyclic) bond motifs is 2. The van der Waals surface area contributed by atoms with Gasteiger partial charge in [0.05, 0.1) is 12.3 Å². The van der Waals surface area contributed by atoms with Crippen molar-refractivity contribution in [2.24, 2.45) is 17.8 Å². The van der Waals surface area contributed by atoms with Gasteiger partial charge in [0.25, 0.3) is 0 Å². The Kier molecular flexibility index (Phi) is 5.95. The maximum Gasteiger partial charge on any atom is 0.433 e. The maximum atomic E-state index is 13.0. The second-order valence-electron chi connectivity index (χ2n) is 7.13. The van der Waals surface area contributed by atoms with Gasteiger partial charge < -0.3 is 9.84 Å². The molecule has 3 rings (SSSR count). The molecule has 2 atom stereocenters. The predicted molar refractivity (Wildman–Crippen MR) is 89.3 cm³/mol. The molecule has 28 heavy (non-hydrogen) atoms. The van der Waals surface area contributed by atoms with Crippen LogP contribution in [0.15, 0.2) is 12.1 Å². The van der Waals surface area contributed by atoms with E-state index in [-0.39, 0.29) is 42.7 Å². The van der Waals surface area contributed by atoms with Crippen LogP contribution >= 0.6 is 0 Å². The normalized spacial score (nSPS) is 24.6. The average Bonchev–Trinajstić information content (AvgIpc) is 3.10. The van der Waals surface area contributed by atoms with E-state index in [2.05, 4.69) is 4.98 Å². The molecule has 0 spiro atoms. The lowest BCUT2D eigenvalue weighted by atomic mass is 9.75. The highest BCUT2D eigenvalue weighted by Gasteiger charge is 2.50. The molecular formula is C19H20F3NO5. The summed E-state index contributed by atoms with van der Waals surface area (Å²) in [5, 5.41) is 8.77. The largest absolute Gasteiger partial charge is 0.433 e. The molecule has 2 aliphatic carbocycles. The first-order valence-electron chi connectivity index (χ1n) is 9.11. The molecule has 2 saturated carbocycles. The van der Waals surface area contributed by atoms with Gasteiger partial charge in [0.2, 0.25) is 0 Å². The molecular weight excluding hydrogens is 379 g/mol. The number of hydrogen-bond acceptors (Lipinski definition) is 6. The SMILES string of the molecule is O=C(c1ccc(C(F)(F)F)nc1COCCCO)C1C(=O)C2CCC(C2)C1=O. The van der Waals surface area contributed by atoms with Crippen LogP contribution in [0.25, 0.3) is 0 Å². The Morgan fingerprint density at radius 2 is 1.82 bits per heavy atom. The Morgan fingerprint density at radius 1 is 1.18 bits per heavy atom. The van der Waals surface area contributed by atoms with Gasteiger partial charge in [-0.2, -0.15) is 13.2 Å². The fourth-order valence-corrected chi connectivity index (χ4v) is 3.85. The third kappa shape index (κ3) is 4.00. The van der Waals surface area contributed by atoms with Crippen LogP contribution in [0.3, 0.4) is 0 Å². The van der Waals surface area contributed by atoms with Gasteiger partial charge in [-0.15, -0.1) is 0 Å². The molecule has 2 fully saturated rings. The van der Waals surface area contributed by atoms with Crippen LogP contribution < -0.4 is 0 Å². The monoisotopic (exact) mass is 399 g/mol. The van der Waals surface area contributed by atoms with Crippen molar-refractivity contribution >= 4 is 17.3 Å². The minimum absolute atomic E-state index is 0.0630. The van der Waals surface area contributed by atoms with Gasteiger partial charge >= 0.3 is 6.18 Å². The molecule has 1 aromatic heterocycles. The number of ketones is 3. The van der Waals surface area contributed by atoms with Crippen LogP contribution in [0.2, 0.25) is 0 Å². The fraction of sp³-hybridized carbons (Fsp3) is 0.579. The molecule has 6 nitrogen and oxygen atoms in total. The van der Waals surface area contributed by atoms with Crippen molar-refractivity contribution in [3.8, 4) is 0 Å². The predicted octanol–water partition coefficient (Wildman–Crippen LogP) is 2.37. The zero-order valence-electron chi connectivity index (χ0n) is 15.0. The van der Waals surface area contributed by atoms with Crippen LogP contribution in [0.4, 0.5) is 13.2 Å². The Balaban J connectivity index is 1.91. The molecule has 2 bridgehead atoms. The Hall–Kier alpha value is -2.13. The van der Waals surface area contributed by atoms with Gasteiger partial charge in [-0.25, -0.2) is 4.98 Å². The highest BCUT2D eigenvalue weighted by molar-refractivity contribution is 6.26. The van der Waals surface area contributed by atoms with Crippen LogP contribution in [0.5, 0.6) is 0 Å². The number of aliphatic hydroxyl groups is 1. The van der Waals surface area contributed by atoms with Crippen LogP contribution in [0, 0.1) is 17.8 Å². The van der Waals surface area contributed by atoms with E-state index in [9.17, 15) is 27.6 Å². The minimum Gasteiger partial charge on any atom is -0.396 e. The summed E-state index contributed by atoms with van der Waals surface area (Å²) in [6, 6.07) is 1.62. The average molecular weight is 399 g/mol. The van der Waals surface area contributed by atoms with Crippen molar-refractivity contribution in [2.75, 3.05) is 13.2 Å². The molecule has 0 radical (unpaired) electrons. The van der Waals surface area contributed by atoms with Gasteiger partial charge in [-0.1, -0.05) is 0 Å². The van der Waals surface area contributed by atoms with E-state index in [0.717, 1.165) is 6.07 Å². The second-order valence-corrected chi connectivity index (χ2v) is 7.13. The number of hydrogen-bond donors (Lipinski definition) is 1. The number of aromatic nitrogens is 1. The van der Waals surface area contributed by atoms with Crippen LogP contribution in [-0.4, -0.2) is 40.7 Å².